The number of nitrogens with zero attached hydrogens (tertiary/aromatic N) is 3. The molecule has 1 spiro atoms. The van der Waals surface area contributed by atoms with Crippen LogP contribution in [0.25, 0.3) is 0 Å². The van der Waals surface area contributed by atoms with Crippen molar-refractivity contribution in [3.05, 3.63) is 76.1 Å². The van der Waals surface area contributed by atoms with Crippen molar-refractivity contribution in [3.8, 4) is 17.2 Å². The number of anilines is 1. The van der Waals surface area contributed by atoms with E-state index in [9.17, 15) is 14.7 Å². The Hall–Kier alpha value is -4.02. The van der Waals surface area contributed by atoms with Crippen LogP contribution >= 0.6 is 11.6 Å². The van der Waals surface area contributed by atoms with Crippen LogP contribution in [0.3, 0.4) is 0 Å². The second-order valence-electron chi connectivity index (χ2n) is 17.9. The Labute approximate surface area is 342 Å². The Morgan fingerprint density at radius 1 is 1.14 bits per heavy atom. The first-order valence-corrected chi connectivity index (χ1v) is 21.6. The molecule has 2 aromatic carbocycles. The van der Waals surface area contributed by atoms with E-state index in [2.05, 4.69) is 48.2 Å². The quantitative estimate of drug-likeness (QED) is 0.177. The molecule has 2 fully saturated rings. The number of hydrogen-bond donors (Lipinski definition) is 2. The van der Waals surface area contributed by atoms with Gasteiger partial charge in [-0.25, -0.2) is 4.79 Å². The highest BCUT2D eigenvalue weighted by atomic mass is 35.5. The summed E-state index contributed by atoms with van der Waals surface area (Å²) in [7, 11) is 2.10. The molecule has 5 aliphatic rings. The minimum absolute atomic E-state index is 0.139. The van der Waals surface area contributed by atoms with Gasteiger partial charge in [-0.05, 0) is 148 Å². The number of pyridine rings is 1. The summed E-state index contributed by atoms with van der Waals surface area (Å²) in [5, 5.41) is 14.7. The van der Waals surface area contributed by atoms with Gasteiger partial charge in [0.2, 0.25) is 5.91 Å². The van der Waals surface area contributed by atoms with Crippen LogP contribution in [0.4, 0.5) is 5.69 Å². The van der Waals surface area contributed by atoms with E-state index in [1.54, 1.807) is 12.1 Å². The van der Waals surface area contributed by atoms with Crippen molar-refractivity contribution in [2.45, 2.75) is 108 Å². The molecule has 3 aromatic rings. The average molecular weight is 799 g/mol. The van der Waals surface area contributed by atoms with Crippen LogP contribution in [0.15, 0.2) is 48.7 Å². The number of carbonyl (C=O) groups excluding carboxylic acids is 1. The summed E-state index contributed by atoms with van der Waals surface area (Å²) in [6, 6.07) is 13.8. The van der Waals surface area contributed by atoms with Crippen LogP contribution in [0.2, 0.25) is 5.02 Å². The van der Waals surface area contributed by atoms with Crippen molar-refractivity contribution in [1.82, 2.24) is 14.8 Å². The maximum absolute atomic E-state index is 13.1. The van der Waals surface area contributed by atoms with E-state index in [4.69, 9.17) is 25.8 Å². The van der Waals surface area contributed by atoms with Gasteiger partial charge in [0.05, 0.1) is 6.61 Å². The maximum atomic E-state index is 13.1. The number of hydrogen-bond acceptors (Lipinski definition) is 8. The lowest BCUT2D eigenvalue weighted by atomic mass is 9.59. The molecule has 1 aromatic heterocycles. The first-order valence-electron chi connectivity index (χ1n) is 21.3. The predicted molar refractivity (Wildman–Crippen MR) is 222 cm³/mol. The number of likely N-dealkylation sites (tertiary alicyclic amines) is 1. The fourth-order valence-electron chi connectivity index (χ4n) is 10.9. The van der Waals surface area contributed by atoms with E-state index in [0.29, 0.717) is 61.8 Å². The smallest absolute Gasteiger partial charge is 0.329 e. The van der Waals surface area contributed by atoms with E-state index in [1.807, 2.05) is 36.2 Å². The van der Waals surface area contributed by atoms with E-state index in [1.165, 1.54) is 28.8 Å². The Kier molecular flexibility index (Phi) is 11.4. The number of halogens is 1. The lowest BCUT2D eigenvalue weighted by Gasteiger charge is -2.47. The number of fused-ring (bicyclic) bond motifs is 4. The zero-order valence-electron chi connectivity index (χ0n) is 34.0. The van der Waals surface area contributed by atoms with E-state index in [0.717, 1.165) is 81.1 Å². The lowest BCUT2D eigenvalue weighted by Crippen LogP contribution is -2.53. The van der Waals surface area contributed by atoms with Crippen molar-refractivity contribution >= 4 is 29.2 Å². The Bertz CT molecular complexity index is 1960. The molecule has 5 atom stereocenters. The minimum Gasteiger partial charge on any atom is -0.493 e. The molecule has 1 saturated carbocycles. The topological polar surface area (TPSA) is 113 Å². The molecule has 0 radical (unpaired) electrons. The van der Waals surface area contributed by atoms with E-state index >= 15 is 0 Å². The summed E-state index contributed by atoms with van der Waals surface area (Å²) in [6.45, 7) is 10.8. The van der Waals surface area contributed by atoms with Crippen LogP contribution < -0.4 is 19.5 Å². The molecule has 3 heterocycles. The summed E-state index contributed by atoms with van der Waals surface area (Å²) in [6.07, 6.45) is 9.98. The third-order valence-electron chi connectivity index (χ3n) is 13.8. The number of carbonyl (C=O) groups is 2. The number of carboxylic acid groups (broad SMARTS) is 1. The van der Waals surface area contributed by atoms with Crippen molar-refractivity contribution in [1.29, 1.82) is 0 Å². The molecule has 11 heteroatoms. The second-order valence-corrected chi connectivity index (χ2v) is 18.4. The Morgan fingerprint density at radius 2 is 1.96 bits per heavy atom. The van der Waals surface area contributed by atoms with Gasteiger partial charge in [-0.1, -0.05) is 31.5 Å². The molecule has 10 nitrogen and oxygen atoms in total. The average Bonchev–Trinajstić information content (AvgIpc) is 3.68. The number of ether oxygens (including phenoxy) is 3. The molecule has 3 aliphatic carbocycles. The third kappa shape index (κ3) is 8.05. The van der Waals surface area contributed by atoms with Crippen LogP contribution in [-0.4, -0.2) is 89.9 Å². The predicted octanol–water partition coefficient (Wildman–Crippen LogP) is 8.14. The molecule has 0 bridgehead atoms. The number of aromatic nitrogens is 1. The highest BCUT2D eigenvalue weighted by Crippen LogP contribution is 2.58. The summed E-state index contributed by atoms with van der Waals surface area (Å²) in [5.41, 5.74) is 4.41. The van der Waals surface area contributed by atoms with Gasteiger partial charge >= 0.3 is 5.97 Å². The number of aliphatic carboxylic acids is 1. The van der Waals surface area contributed by atoms with E-state index < -0.39 is 11.5 Å². The summed E-state index contributed by atoms with van der Waals surface area (Å²) < 4.78 is 19.8. The highest BCUT2D eigenvalue weighted by Gasteiger charge is 2.54. The highest BCUT2D eigenvalue weighted by molar-refractivity contribution is 6.30. The van der Waals surface area contributed by atoms with Gasteiger partial charge in [-0.2, -0.15) is 0 Å². The van der Waals surface area contributed by atoms with Gasteiger partial charge in [0.25, 0.3) is 0 Å². The molecule has 1 unspecified atom stereocenters. The number of benzene rings is 2. The molecule has 8 rings (SSSR count). The van der Waals surface area contributed by atoms with E-state index in [-0.39, 0.29) is 23.3 Å². The molecule has 2 N–H and O–H groups in total. The van der Waals surface area contributed by atoms with Crippen molar-refractivity contribution in [3.63, 3.8) is 0 Å². The second kappa shape index (κ2) is 16.3. The minimum atomic E-state index is -1.10. The first kappa shape index (κ1) is 39.8. The molecule has 1 saturated heterocycles. The number of likely N-dealkylation sites (N-methyl/N-ethyl adjacent to an activating group) is 1. The molecule has 57 heavy (non-hydrogen) atoms. The molecule has 2 aliphatic heterocycles. The maximum Gasteiger partial charge on any atom is 0.329 e. The zero-order valence-corrected chi connectivity index (χ0v) is 34.8. The SMILES string of the molecule is CCN1CC(CN(C)C[C@@H]2COc3cc4c(cc3O2)C2(CCC(Nc3cccc(Cl)c3)(C(=O)O)CC2)[C@@H](C[C@@H](C)COc2ccnc3c2[C@H](C)CCC3)C4)CC1=O. The molecular formula is C46H59ClN4O6. The third-order valence-corrected chi connectivity index (χ3v) is 14.1. The number of amides is 1. The summed E-state index contributed by atoms with van der Waals surface area (Å²) in [5.74, 6) is 3.29. The van der Waals surface area contributed by atoms with Crippen molar-refractivity contribution in [2.75, 3.05) is 51.8 Å². The van der Waals surface area contributed by atoms with Gasteiger partial charge in [-0.15, -0.1) is 0 Å². The van der Waals surface area contributed by atoms with Crippen molar-refractivity contribution < 1.29 is 28.9 Å². The number of aryl methyl sites for hydroxylation is 1. The number of carboxylic acids is 1. The first-order chi connectivity index (χ1) is 27.4. The summed E-state index contributed by atoms with van der Waals surface area (Å²) >= 11 is 6.33. The van der Waals surface area contributed by atoms with Crippen molar-refractivity contribution in [2.24, 2.45) is 17.8 Å². The van der Waals surface area contributed by atoms with Gasteiger partial charge in [-0.3, -0.25) is 9.78 Å². The number of nitrogens with one attached hydrogen (secondary N) is 1. The Morgan fingerprint density at radius 3 is 2.72 bits per heavy atom. The van der Waals surface area contributed by atoms with Gasteiger partial charge in [0.15, 0.2) is 11.5 Å². The summed E-state index contributed by atoms with van der Waals surface area (Å²) in [4.78, 5) is 34.4. The molecular weight excluding hydrogens is 740 g/mol. The van der Waals surface area contributed by atoms with Crippen LogP contribution in [0, 0.1) is 17.8 Å². The van der Waals surface area contributed by atoms with Crippen LogP contribution in [0.5, 0.6) is 17.2 Å². The number of rotatable bonds is 13. The largest absolute Gasteiger partial charge is 0.493 e. The fourth-order valence-corrected chi connectivity index (χ4v) is 11.1. The monoisotopic (exact) mass is 798 g/mol. The molecule has 1 amide bonds. The van der Waals surface area contributed by atoms with Gasteiger partial charge < -0.3 is 34.4 Å². The van der Waals surface area contributed by atoms with Crippen LogP contribution in [0.1, 0.15) is 100 Å². The zero-order chi connectivity index (χ0) is 39.9. The lowest BCUT2D eigenvalue weighted by molar-refractivity contribution is -0.144. The molecule has 306 valence electrons. The van der Waals surface area contributed by atoms with Gasteiger partial charge in [0, 0.05) is 60.8 Å². The standard InChI is InChI=1S/C46H59ClN4O6/c1-5-51-25-31(19-42(51)52)24-50(4)26-36-28-56-40-21-32-20-33(18-29(2)27-55-39-12-17-48-38-11-6-8-30(3)43(38)39)45(37(32)23-41(40)57-36)13-15-46(16-14-45,44(53)54)49-35-10-7-9-34(47)22-35/h7,9-10,12,17,21-23,29-31,33,36,49H,5-6,8,11,13-16,18-20,24-28H2,1-4H3,(H,53,54)/t29-,30-,31?,33+,36-,45?,46?/m1/s1. The normalized spacial score (nSPS) is 28.3. The Balaban J connectivity index is 1.02. The van der Waals surface area contributed by atoms with Crippen LogP contribution in [-0.2, 0) is 27.8 Å². The fraction of sp³-hybridized carbons (Fsp3) is 0.587. The van der Waals surface area contributed by atoms with Gasteiger partial charge in [0.1, 0.15) is 24.0 Å².